The zero-order chi connectivity index (χ0) is 18.5. The average Bonchev–Trinajstić information content (AvgIpc) is 3.44. The van der Waals surface area contributed by atoms with E-state index in [1.165, 1.54) is 12.1 Å². The van der Waals surface area contributed by atoms with Crippen LogP contribution in [0.1, 0.15) is 35.2 Å². The third kappa shape index (κ3) is 5.13. The number of benzene rings is 2. The molecular weight excluding hydrogens is 333 g/mol. The van der Waals surface area contributed by atoms with Crippen molar-refractivity contribution in [1.29, 1.82) is 0 Å². The minimum Gasteiger partial charge on any atom is -0.366 e. The number of halogens is 1. The molecule has 0 atom stereocenters. The first-order chi connectivity index (χ1) is 12.5. The third-order valence-corrected chi connectivity index (χ3v) is 4.42. The summed E-state index contributed by atoms with van der Waals surface area (Å²) in [5.74, 6) is -0.836. The number of carbonyl (C=O) groups is 2. The van der Waals surface area contributed by atoms with Gasteiger partial charge in [-0.25, -0.2) is 4.39 Å². The normalized spacial score (nSPS) is 13.6. The molecule has 3 N–H and O–H groups in total. The smallest absolute Gasteiger partial charge is 0.248 e. The summed E-state index contributed by atoms with van der Waals surface area (Å²) >= 11 is 0. The van der Waals surface area contributed by atoms with Gasteiger partial charge in [0, 0.05) is 36.8 Å². The molecule has 0 aromatic heterocycles. The highest BCUT2D eigenvalue weighted by Gasteiger charge is 2.29. The number of primary amides is 1. The lowest BCUT2D eigenvalue weighted by molar-refractivity contribution is -0.116. The monoisotopic (exact) mass is 355 g/mol. The highest BCUT2D eigenvalue weighted by atomic mass is 19.1. The Labute approximate surface area is 152 Å². The van der Waals surface area contributed by atoms with Gasteiger partial charge in [-0.3, -0.25) is 14.5 Å². The Bertz CT molecular complexity index is 788. The quantitative estimate of drug-likeness (QED) is 0.764. The number of hydrogen-bond acceptors (Lipinski definition) is 3. The number of nitrogens with zero attached hydrogens (tertiary/aromatic N) is 1. The van der Waals surface area contributed by atoms with Crippen LogP contribution in [0.25, 0.3) is 0 Å². The summed E-state index contributed by atoms with van der Waals surface area (Å²) in [6.07, 6.45) is 2.58. The van der Waals surface area contributed by atoms with E-state index in [2.05, 4.69) is 10.2 Å². The third-order valence-electron chi connectivity index (χ3n) is 4.42. The molecule has 0 bridgehead atoms. The fourth-order valence-electron chi connectivity index (χ4n) is 2.89. The Morgan fingerprint density at radius 2 is 1.88 bits per heavy atom. The molecule has 0 unspecified atom stereocenters. The number of hydrogen-bond donors (Lipinski definition) is 2. The van der Waals surface area contributed by atoms with Crippen LogP contribution >= 0.6 is 0 Å². The van der Waals surface area contributed by atoms with E-state index in [4.69, 9.17) is 5.73 Å². The zero-order valence-corrected chi connectivity index (χ0v) is 14.5. The Balaban J connectivity index is 1.52. The van der Waals surface area contributed by atoms with Crippen molar-refractivity contribution in [3.05, 3.63) is 65.5 Å². The molecule has 0 radical (unpaired) electrons. The fourth-order valence-corrected chi connectivity index (χ4v) is 2.89. The van der Waals surface area contributed by atoms with Gasteiger partial charge in [0.2, 0.25) is 11.8 Å². The number of anilines is 1. The lowest BCUT2D eigenvalue weighted by atomic mass is 10.2. The first-order valence-corrected chi connectivity index (χ1v) is 8.69. The second kappa shape index (κ2) is 8.10. The maximum Gasteiger partial charge on any atom is 0.248 e. The Kier molecular flexibility index (Phi) is 5.63. The maximum absolute atomic E-state index is 13.4. The maximum atomic E-state index is 13.4. The van der Waals surface area contributed by atoms with Crippen LogP contribution in [-0.2, 0) is 11.3 Å². The van der Waals surface area contributed by atoms with Crippen molar-refractivity contribution in [2.24, 2.45) is 5.73 Å². The molecule has 2 amide bonds. The molecule has 5 nitrogen and oxygen atoms in total. The molecule has 0 heterocycles. The summed E-state index contributed by atoms with van der Waals surface area (Å²) in [5, 5.41) is 2.82. The molecule has 26 heavy (non-hydrogen) atoms. The van der Waals surface area contributed by atoms with Gasteiger partial charge in [0.1, 0.15) is 5.82 Å². The molecule has 1 aliphatic rings. The van der Waals surface area contributed by atoms with Gasteiger partial charge in [0.05, 0.1) is 0 Å². The van der Waals surface area contributed by atoms with E-state index in [9.17, 15) is 14.0 Å². The van der Waals surface area contributed by atoms with Crippen LogP contribution in [0.4, 0.5) is 10.1 Å². The van der Waals surface area contributed by atoms with E-state index in [0.717, 1.165) is 18.4 Å². The van der Waals surface area contributed by atoms with E-state index >= 15 is 0 Å². The van der Waals surface area contributed by atoms with Crippen molar-refractivity contribution < 1.29 is 14.0 Å². The molecule has 6 heteroatoms. The average molecular weight is 355 g/mol. The fraction of sp³-hybridized carbons (Fsp3) is 0.300. The summed E-state index contributed by atoms with van der Waals surface area (Å²) in [6.45, 7) is 1.26. The van der Waals surface area contributed by atoms with Crippen molar-refractivity contribution in [3.8, 4) is 0 Å². The van der Waals surface area contributed by atoms with Crippen molar-refractivity contribution in [2.45, 2.75) is 31.8 Å². The van der Waals surface area contributed by atoms with E-state index in [1.54, 1.807) is 30.3 Å². The molecule has 2 aromatic carbocycles. The molecule has 136 valence electrons. The van der Waals surface area contributed by atoms with Gasteiger partial charge in [0.25, 0.3) is 0 Å². The number of nitrogens with two attached hydrogens (primary N) is 1. The molecular formula is C20H22FN3O2. The Morgan fingerprint density at radius 3 is 2.50 bits per heavy atom. The van der Waals surface area contributed by atoms with Crippen LogP contribution in [-0.4, -0.2) is 29.3 Å². The highest BCUT2D eigenvalue weighted by Crippen LogP contribution is 2.28. The topological polar surface area (TPSA) is 75.4 Å². The summed E-state index contributed by atoms with van der Waals surface area (Å²) < 4.78 is 13.4. The van der Waals surface area contributed by atoms with Crippen molar-refractivity contribution in [3.63, 3.8) is 0 Å². The summed E-state index contributed by atoms with van der Waals surface area (Å²) in [6, 6.07) is 13.5. The minimum absolute atomic E-state index is 0.0956. The minimum atomic E-state index is -0.500. The number of nitrogens with one attached hydrogen (secondary N) is 1. The largest absolute Gasteiger partial charge is 0.366 e. The molecule has 0 saturated heterocycles. The van der Waals surface area contributed by atoms with Gasteiger partial charge in [0.15, 0.2) is 0 Å². The lowest BCUT2D eigenvalue weighted by Crippen LogP contribution is -2.29. The van der Waals surface area contributed by atoms with Crippen LogP contribution in [0.3, 0.4) is 0 Å². The second-order valence-electron chi connectivity index (χ2n) is 6.57. The van der Waals surface area contributed by atoms with Gasteiger partial charge in [-0.2, -0.15) is 0 Å². The van der Waals surface area contributed by atoms with Crippen LogP contribution < -0.4 is 11.1 Å². The second-order valence-corrected chi connectivity index (χ2v) is 6.57. The first-order valence-electron chi connectivity index (χ1n) is 8.69. The molecule has 1 aliphatic carbocycles. The van der Waals surface area contributed by atoms with E-state index in [-0.39, 0.29) is 11.7 Å². The molecule has 0 aliphatic heterocycles. The molecule has 3 rings (SSSR count). The van der Waals surface area contributed by atoms with Crippen molar-refractivity contribution in [2.75, 3.05) is 11.9 Å². The molecule has 1 fully saturated rings. The van der Waals surface area contributed by atoms with Gasteiger partial charge in [-0.1, -0.05) is 12.1 Å². The SMILES string of the molecule is NC(=O)c1ccc(NC(=O)CCN(Cc2cccc(F)c2)C2CC2)cc1. The van der Waals surface area contributed by atoms with E-state index in [0.29, 0.717) is 36.8 Å². The van der Waals surface area contributed by atoms with Crippen LogP contribution in [0, 0.1) is 5.82 Å². The van der Waals surface area contributed by atoms with Gasteiger partial charge < -0.3 is 11.1 Å². The highest BCUT2D eigenvalue weighted by molar-refractivity contribution is 5.94. The van der Waals surface area contributed by atoms with Gasteiger partial charge >= 0.3 is 0 Å². The van der Waals surface area contributed by atoms with Crippen LogP contribution in [0.15, 0.2) is 48.5 Å². The van der Waals surface area contributed by atoms with Gasteiger partial charge in [-0.15, -0.1) is 0 Å². The van der Waals surface area contributed by atoms with E-state index < -0.39 is 5.91 Å². The van der Waals surface area contributed by atoms with E-state index in [1.807, 2.05) is 6.07 Å². The molecule has 1 saturated carbocycles. The van der Waals surface area contributed by atoms with Crippen molar-refractivity contribution in [1.82, 2.24) is 4.90 Å². The zero-order valence-electron chi connectivity index (χ0n) is 14.5. The number of carbonyl (C=O) groups excluding carboxylic acids is 2. The predicted octanol–water partition coefficient (Wildman–Crippen LogP) is 2.92. The predicted molar refractivity (Wildman–Crippen MR) is 98.0 cm³/mol. The lowest BCUT2D eigenvalue weighted by Gasteiger charge is -2.22. The number of rotatable bonds is 8. The van der Waals surface area contributed by atoms with Gasteiger partial charge in [-0.05, 0) is 54.8 Å². The number of amides is 2. The summed E-state index contributed by atoms with van der Waals surface area (Å²) in [7, 11) is 0. The Morgan fingerprint density at radius 1 is 1.15 bits per heavy atom. The molecule has 0 spiro atoms. The Hall–Kier alpha value is -2.73. The summed E-state index contributed by atoms with van der Waals surface area (Å²) in [5.41, 5.74) is 7.14. The summed E-state index contributed by atoms with van der Waals surface area (Å²) in [4.78, 5) is 25.5. The van der Waals surface area contributed by atoms with Crippen LogP contribution in [0.5, 0.6) is 0 Å². The van der Waals surface area contributed by atoms with Crippen molar-refractivity contribution >= 4 is 17.5 Å². The van der Waals surface area contributed by atoms with Crippen LogP contribution in [0.2, 0.25) is 0 Å². The first kappa shape index (κ1) is 18.1. The standard InChI is InChI=1S/C20H22FN3O2/c21-16-3-1-2-14(12-16)13-24(18-8-9-18)11-10-19(25)23-17-6-4-15(5-7-17)20(22)26/h1-7,12,18H,8-11,13H2,(H2,22,26)(H,23,25). The molecule has 2 aromatic rings.